The smallest absolute Gasteiger partial charge is 0.345 e. The number of carbonyl (C=O) groups is 2. The second kappa shape index (κ2) is 7.24. The highest BCUT2D eigenvalue weighted by Gasteiger charge is 2.25. The van der Waals surface area contributed by atoms with Crippen LogP contribution in [0.1, 0.15) is 23.7 Å². The van der Waals surface area contributed by atoms with Crippen LogP contribution in [0.15, 0.2) is 6.07 Å². The summed E-state index contributed by atoms with van der Waals surface area (Å²) in [7, 11) is 0. The van der Waals surface area contributed by atoms with Crippen LogP contribution in [-0.4, -0.2) is 23.1 Å². The normalized spacial score (nSPS) is 12.0. The third-order valence-electron chi connectivity index (χ3n) is 2.31. The highest BCUT2D eigenvalue weighted by molar-refractivity contribution is 14.1. The van der Waals surface area contributed by atoms with E-state index < -0.39 is 18.0 Å². The molecule has 1 rings (SSSR count). The number of anilines is 1. The summed E-state index contributed by atoms with van der Waals surface area (Å²) < 4.78 is 7.11. The molecule has 0 spiro atoms. The maximum Gasteiger partial charge on any atom is 0.345 e. The van der Waals surface area contributed by atoms with Gasteiger partial charge in [0, 0.05) is 7.14 Å². The number of carbonyl (C=O) groups excluding carboxylic acids is 1. The number of hydrogen-bond acceptors (Lipinski definition) is 4. The predicted octanol–water partition coefficient (Wildman–Crippen LogP) is 3.10. The number of carboxylic acid groups (broad SMARTS) is 1. The van der Waals surface area contributed by atoms with Crippen LogP contribution < -0.4 is 5.73 Å². The van der Waals surface area contributed by atoms with Crippen LogP contribution in [-0.2, 0) is 9.53 Å². The fraction of sp³-hybridized carbons (Fsp3) is 0.273. The van der Waals surface area contributed by atoms with Gasteiger partial charge in [-0.2, -0.15) is 0 Å². The minimum Gasteiger partial charge on any atom is -0.479 e. The van der Waals surface area contributed by atoms with E-state index in [0.29, 0.717) is 18.4 Å². The average molecular weight is 601 g/mol. The predicted molar refractivity (Wildman–Crippen MR) is 96.1 cm³/mol. The lowest BCUT2D eigenvalue weighted by molar-refractivity contribution is -0.147. The zero-order valence-electron chi connectivity index (χ0n) is 9.75. The Kier molecular flexibility index (Phi) is 6.56. The first kappa shape index (κ1) is 17.2. The molecule has 3 N–H and O–H groups in total. The van der Waals surface area contributed by atoms with E-state index in [4.69, 9.17) is 15.6 Å². The summed E-state index contributed by atoms with van der Waals surface area (Å²) in [6.45, 7) is 1.64. The lowest BCUT2D eigenvalue weighted by atomic mass is 10.2. The van der Waals surface area contributed by atoms with Gasteiger partial charge in [-0.15, -0.1) is 0 Å². The van der Waals surface area contributed by atoms with E-state index in [-0.39, 0.29) is 6.42 Å². The highest BCUT2D eigenvalue weighted by Crippen LogP contribution is 2.30. The zero-order valence-corrected chi connectivity index (χ0v) is 16.2. The highest BCUT2D eigenvalue weighted by atomic mass is 127. The van der Waals surface area contributed by atoms with Crippen molar-refractivity contribution >= 4 is 85.4 Å². The third-order valence-corrected chi connectivity index (χ3v) is 5.17. The van der Waals surface area contributed by atoms with Gasteiger partial charge in [0.1, 0.15) is 0 Å². The molecular weight excluding hydrogens is 591 g/mol. The van der Waals surface area contributed by atoms with Gasteiger partial charge in [-0.05, 0) is 80.3 Å². The Labute approximate surface area is 151 Å². The van der Waals surface area contributed by atoms with Gasteiger partial charge in [0.25, 0.3) is 0 Å². The van der Waals surface area contributed by atoms with Gasteiger partial charge in [0.2, 0.25) is 0 Å². The van der Waals surface area contributed by atoms with Gasteiger partial charge in [-0.1, -0.05) is 6.92 Å². The van der Waals surface area contributed by atoms with Gasteiger partial charge in [-0.25, -0.2) is 9.59 Å². The Hall–Kier alpha value is 0.150. The van der Waals surface area contributed by atoms with Crippen molar-refractivity contribution < 1.29 is 19.4 Å². The van der Waals surface area contributed by atoms with Crippen LogP contribution in [0.2, 0.25) is 0 Å². The number of esters is 1. The number of carboxylic acids is 1. The van der Waals surface area contributed by atoms with Crippen molar-refractivity contribution in [3.8, 4) is 0 Å². The van der Waals surface area contributed by atoms with Gasteiger partial charge >= 0.3 is 11.9 Å². The number of aliphatic carboxylic acids is 1. The number of benzene rings is 1. The molecule has 1 aromatic carbocycles. The quantitative estimate of drug-likeness (QED) is 0.315. The average Bonchev–Trinajstić information content (AvgIpc) is 2.32. The van der Waals surface area contributed by atoms with E-state index >= 15 is 0 Å². The number of nitrogen functional groups attached to an aromatic ring is 1. The van der Waals surface area contributed by atoms with E-state index in [1.165, 1.54) is 0 Å². The van der Waals surface area contributed by atoms with Crippen molar-refractivity contribution in [2.75, 3.05) is 5.73 Å². The summed E-state index contributed by atoms with van der Waals surface area (Å²) in [4.78, 5) is 23.0. The van der Waals surface area contributed by atoms with Crippen molar-refractivity contribution in [3.63, 3.8) is 0 Å². The molecule has 0 saturated carbocycles. The van der Waals surface area contributed by atoms with Gasteiger partial charge in [-0.3, -0.25) is 0 Å². The molecule has 104 valence electrons. The molecule has 0 aromatic heterocycles. The molecule has 0 aliphatic heterocycles. The molecule has 5 nitrogen and oxygen atoms in total. The van der Waals surface area contributed by atoms with Crippen molar-refractivity contribution in [3.05, 3.63) is 22.3 Å². The minimum absolute atomic E-state index is 0.216. The molecule has 0 aliphatic carbocycles. The number of rotatable bonds is 4. The standard InChI is InChI=1S/C11H10I3NO4/c1-2-6(10(16)17)19-11(18)7-4(12)3-5(13)9(15)8(7)14/h3,6H,2,15H2,1H3,(H,16,17). The van der Waals surface area contributed by atoms with Gasteiger partial charge in [0.15, 0.2) is 6.10 Å². The molecule has 0 fully saturated rings. The number of hydrogen-bond donors (Lipinski definition) is 2. The largest absolute Gasteiger partial charge is 0.479 e. The first-order valence-electron chi connectivity index (χ1n) is 5.16. The van der Waals surface area contributed by atoms with Crippen LogP contribution in [0.5, 0.6) is 0 Å². The van der Waals surface area contributed by atoms with Crippen molar-refractivity contribution in [1.82, 2.24) is 0 Å². The lowest BCUT2D eigenvalue weighted by Crippen LogP contribution is -2.27. The second-order valence-electron chi connectivity index (χ2n) is 3.58. The van der Waals surface area contributed by atoms with Crippen molar-refractivity contribution in [2.45, 2.75) is 19.4 Å². The summed E-state index contributed by atoms with van der Waals surface area (Å²) in [6, 6.07) is 1.76. The van der Waals surface area contributed by atoms with Crippen molar-refractivity contribution in [2.24, 2.45) is 0 Å². The Morgan fingerprint density at radius 2 is 1.95 bits per heavy atom. The maximum absolute atomic E-state index is 12.1. The van der Waals surface area contributed by atoms with E-state index in [0.717, 1.165) is 3.57 Å². The molecule has 8 heteroatoms. The van der Waals surface area contributed by atoms with E-state index in [2.05, 4.69) is 22.6 Å². The Morgan fingerprint density at radius 1 is 1.37 bits per heavy atom. The van der Waals surface area contributed by atoms with Gasteiger partial charge in [0.05, 0.1) is 14.8 Å². The second-order valence-corrected chi connectivity index (χ2v) is 6.99. The first-order valence-corrected chi connectivity index (χ1v) is 8.39. The molecule has 0 heterocycles. The number of ether oxygens (including phenoxy) is 1. The van der Waals surface area contributed by atoms with Crippen LogP contribution in [0, 0.1) is 10.7 Å². The van der Waals surface area contributed by atoms with E-state index in [1.54, 1.807) is 13.0 Å². The fourth-order valence-corrected chi connectivity index (χ4v) is 5.10. The van der Waals surface area contributed by atoms with E-state index in [1.807, 2.05) is 45.2 Å². The Bertz CT molecular complexity index is 533. The Morgan fingerprint density at radius 3 is 2.42 bits per heavy atom. The summed E-state index contributed by atoms with van der Waals surface area (Å²) in [5.74, 6) is -1.81. The summed E-state index contributed by atoms with van der Waals surface area (Å²) >= 11 is 6.05. The van der Waals surface area contributed by atoms with Crippen LogP contribution >= 0.6 is 67.8 Å². The fourth-order valence-electron chi connectivity index (χ4n) is 1.29. The minimum atomic E-state index is -1.15. The van der Waals surface area contributed by atoms with Crippen LogP contribution in [0.3, 0.4) is 0 Å². The molecule has 0 radical (unpaired) electrons. The summed E-state index contributed by atoms with van der Waals surface area (Å²) in [5, 5.41) is 8.90. The van der Waals surface area contributed by atoms with Crippen LogP contribution in [0.25, 0.3) is 0 Å². The molecule has 1 unspecified atom stereocenters. The number of nitrogens with two attached hydrogens (primary N) is 1. The van der Waals surface area contributed by atoms with Crippen molar-refractivity contribution in [1.29, 1.82) is 0 Å². The SMILES string of the molecule is CCC(OC(=O)c1c(I)cc(I)c(N)c1I)C(=O)O. The molecule has 0 saturated heterocycles. The molecule has 1 aromatic rings. The number of halogens is 3. The molecule has 0 aliphatic rings. The molecule has 0 bridgehead atoms. The zero-order chi connectivity index (χ0) is 14.7. The molecule has 19 heavy (non-hydrogen) atoms. The van der Waals surface area contributed by atoms with E-state index in [9.17, 15) is 9.59 Å². The van der Waals surface area contributed by atoms with Crippen LogP contribution in [0.4, 0.5) is 5.69 Å². The summed E-state index contributed by atoms with van der Waals surface area (Å²) in [5.41, 5.74) is 6.69. The molecular formula is C11H10I3NO4. The molecule has 0 amide bonds. The first-order chi connectivity index (χ1) is 8.79. The molecule has 1 atom stereocenters. The maximum atomic E-state index is 12.1. The van der Waals surface area contributed by atoms with Gasteiger partial charge < -0.3 is 15.6 Å². The monoisotopic (exact) mass is 601 g/mol. The topological polar surface area (TPSA) is 89.6 Å². The third kappa shape index (κ3) is 4.06. The Balaban J connectivity index is 3.14. The summed E-state index contributed by atoms with van der Waals surface area (Å²) in [6.07, 6.45) is -0.923. The lowest BCUT2D eigenvalue weighted by Gasteiger charge is -2.15.